The van der Waals surface area contributed by atoms with E-state index >= 15 is 0 Å². The van der Waals surface area contributed by atoms with Crippen molar-refractivity contribution in [3.63, 3.8) is 0 Å². The molecule has 3 rings (SSSR count). The van der Waals surface area contributed by atoms with Gasteiger partial charge in [-0.2, -0.15) is 4.98 Å². The lowest BCUT2D eigenvalue weighted by Gasteiger charge is -2.25. The molecular formula is C18H27N5O8. The fourth-order valence-corrected chi connectivity index (χ4v) is 3.17. The Hall–Kier alpha value is -2.58. The summed E-state index contributed by atoms with van der Waals surface area (Å²) in [5.74, 6) is -2.21. The van der Waals surface area contributed by atoms with Gasteiger partial charge in [-0.05, 0) is 27.7 Å². The largest absolute Gasteiger partial charge is 0.462 e. The molecular weight excluding hydrogens is 414 g/mol. The van der Waals surface area contributed by atoms with E-state index in [-0.39, 0.29) is 12.4 Å². The molecule has 0 unspecified atom stereocenters. The van der Waals surface area contributed by atoms with Crippen molar-refractivity contribution in [1.29, 1.82) is 0 Å². The highest BCUT2D eigenvalue weighted by atomic mass is 16.8. The Morgan fingerprint density at radius 1 is 1.23 bits per heavy atom. The number of fused-ring (bicyclic) bond motifs is 1. The summed E-state index contributed by atoms with van der Waals surface area (Å²) in [5.41, 5.74) is 12.5. The summed E-state index contributed by atoms with van der Waals surface area (Å²) in [4.78, 5) is 44.3. The maximum atomic E-state index is 12.6. The number of rotatable bonds is 7. The third-order valence-electron chi connectivity index (χ3n) is 4.62. The van der Waals surface area contributed by atoms with Gasteiger partial charge in [0.15, 0.2) is 17.8 Å². The monoisotopic (exact) mass is 441 g/mol. The van der Waals surface area contributed by atoms with E-state index in [0.29, 0.717) is 0 Å². The molecule has 5 N–H and O–H groups in total. The van der Waals surface area contributed by atoms with Crippen LogP contribution in [-0.4, -0.2) is 64.3 Å². The number of carbonyl (C=O) groups excluding carboxylic acids is 2. The predicted octanol–water partition coefficient (Wildman–Crippen LogP) is -1.23. The summed E-state index contributed by atoms with van der Waals surface area (Å²) in [7, 11) is 0. The minimum atomic E-state index is -0.924. The van der Waals surface area contributed by atoms with E-state index in [1.54, 1.807) is 13.8 Å². The molecule has 0 radical (unpaired) electrons. The third kappa shape index (κ3) is 5.19. The van der Waals surface area contributed by atoms with Crippen LogP contribution in [0, 0.1) is 0 Å². The second-order valence-electron chi connectivity index (χ2n) is 7.86. The van der Waals surface area contributed by atoms with Gasteiger partial charge in [0, 0.05) is 12.3 Å². The molecule has 2 aliphatic heterocycles. The molecule has 3 heterocycles. The fraction of sp³-hybridized carbons (Fsp3) is 0.667. The molecule has 2 aliphatic rings. The fourth-order valence-electron chi connectivity index (χ4n) is 3.17. The molecule has 2 fully saturated rings. The van der Waals surface area contributed by atoms with E-state index in [9.17, 15) is 14.4 Å². The van der Waals surface area contributed by atoms with E-state index in [2.05, 4.69) is 10.5 Å². The minimum absolute atomic E-state index is 0.0103. The zero-order chi connectivity index (χ0) is 22.9. The molecule has 0 bridgehead atoms. The van der Waals surface area contributed by atoms with Gasteiger partial charge in [0.1, 0.15) is 37.0 Å². The number of nitrogens with zero attached hydrogens (tertiary/aromatic N) is 2. The SMILES string of the molecule is C[C@H](N)C(=O)OC[C@H]1O[C@@H](n2ccc(NOC(=O)[C@@H](C)N)nc2=O)[C@@H]2OC(C)(C)O[C@@H]21. The van der Waals surface area contributed by atoms with E-state index in [1.165, 1.54) is 30.7 Å². The zero-order valence-electron chi connectivity index (χ0n) is 17.6. The van der Waals surface area contributed by atoms with Crippen molar-refractivity contribution in [3.8, 4) is 0 Å². The maximum Gasteiger partial charge on any atom is 0.351 e. The topological polar surface area (TPSA) is 179 Å². The highest BCUT2D eigenvalue weighted by Gasteiger charge is 2.56. The highest BCUT2D eigenvalue weighted by Crippen LogP contribution is 2.42. The molecule has 0 spiro atoms. The Balaban J connectivity index is 1.75. The van der Waals surface area contributed by atoms with Crippen molar-refractivity contribution in [2.75, 3.05) is 12.1 Å². The maximum absolute atomic E-state index is 12.6. The van der Waals surface area contributed by atoms with Gasteiger partial charge in [0.25, 0.3) is 0 Å². The second-order valence-corrected chi connectivity index (χ2v) is 7.86. The standard InChI is InChI=1S/C18H27N5O8/c1-8(19)15(24)27-7-10-12-13(30-18(3,4)29-12)14(28-10)23-6-5-11(21-17(23)26)22-31-16(25)9(2)20/h5-6,8-10,12-14H,7,19-20H2,1-4H3,(H,21,22,26)/t8-,9+,10+,12+,13+,14+/m0/s1. The summed E-state index contributed by atoms with van der Waals surface area (Å²) in [6, 6.07) is -0.209. The first-order valence-electron chi connectivity index (χ1n) is 9.73. The molecule has 13 heteroatoms. The predicted molar refractivity (Wildman–Crippen MR) is 104 cm³/mol. The summed E-state index contributed by atoms with van der Waals surface area (Å²) >= 11 is 0. The van der Waals surface area contributed by atoms with E-state index in [4.69, 9.17) is 35.3 Å². The first-order chi connectivity index (χ1) is 14.5. The van der Waals surface area contributed by atoms with Crippen LogP contribution in [0.25, 0.3) is 0 Å². The van der Waals surface area contributed by atoms with Crippen LogP contribution in [0.3, 0.4) is 0 Å². The molecule has 0 saturated carbocycles. The van der Waals surface area contributed by atoms with Crippen LogP contribution in [0.4, 0.5) is 5.82 Å². The van der Waals surface area contributed by atoms with Crippen LogP contribution in [0.5, 0.6) is 0 Å². The van der Waals surface area contributed by atoms with Crippen LogP contribution >= 0.6 is 0 Å². The number of aromatic nitrogens is 2. The van der Waals surface area contributed by atoms with Gasteiger partial charge < -0.3 is 35.3 Å². The van der Waals surface area contributed by atoms with Gasteiger partial charge in [-0.1, -0.05) is 0 Å². The minimum Gasteiger partial charge on any atom is -0.462 e. The lowest BCUT2D eigenvalue weighted by atomic mass is 10.1. The van der Waals surface area contributed by atoms with Gasteiger partial charge in [-0.25, -0.2) is 15.1 Å². The first-order valence-corrected chi connectivity index (χ1v) is 9.73. The number of hydrogen-bond acceptors (Lipinski definition) is 12. The van der Waals surface area contributed by atoms with Crippen molar-refractivity contribution in [1.82, 2.24) is 9.55 Å². The van der Waals surface area contributed by atoms with Crippen LogP contribution in [0.2, 0.25) is 0 Å². The van der Waals surface area contributed by atoms with Gasteiger partial charge in [0.05, 0.1) is 0 Å². The molecule has 0 aromatic carbocycles. The van der Waals surface area contributed by atoms with E-state index in [0.717, 1.165) is 0 Å². The summed E-state index contributed by atoms with van der Waals surface area (Å²) < 4.78 is 24.1. The average molecular weight is 441 g/mol. The Morgan fingerprint density at radius 3 is 2.48 bits per heavy atom. The molecule has 1 aromatic heterocycles. The Kier molecular flexibility index (Phi) is 6.62. The molecule has 0 aliphatic carbocycles. The molecule has 6 atom stereocenters. The number of anilines is 1. The van der Waals surface area contributed by atoms with Crippen LogP contribution in [-0.2, 0) is 33.4 Å². The van der Waals surface area contributed by atoms with Crippen molar-refractivity contribution in [3.05, 3.63) is 22.7 Å². The number of carbonyl (C=O) groups is 2. The van der Waals surface area contributed by atoms with Crippen molar-refractivity contribution in [2.24, 2.45) is 11.5 Å². The van der Waals surface area contributed by atoms with Crippen LogP contribution < -0.4 is 22.6 Å². The third-order valence-corrected chi connectivity index (χ3v) is 4.62. The second kappa shape index (κ2) is 8.88. The Labute approximate surface area is 177 Å². The normalized spacial score (nSPS) is 28.5. The Bertz CT molecular complexity index is 886. The van der Waals surface area contributed by atoms with E-state index < -0.39 is 60.0 Å². The summed E-state index contributed by atoms with van der Waals surface area (Å²) in [5, 5.41) is 0. The van der Waals surface area contributed by atoms with E-state index in [1.807, 2.05) is 0 Å². The molecule has 1 aromatic rings. The molecule has 172 valence electrons. The van der Waals surface area contributed by atoms with Crippen LogP contribution in [0.15, 0.2) is 17.1 Å². The number of nitrogens with one attached hydrogen (secondary N) is 1. The van der Waals surface area contributed by atoms with Gasteiger partial charge >= 0.3 is 17.6 Å². The summed E-state index contributed by atoms with van der Waals surface area (Å²) in [6.45, 7) is 6.30. The smallest absolute Gasteiger partial charge is 0.351 e. The van der Waals surface area contributed by atoms with Crippen LogP contribution in [0.1, 0.15) is 33.9 Å². The van der Waals surface area contributed by atoms with Crippen molar-refractivity contribution in [2.45, 2.75) is 70.1 Å². The lowest BCUT2D eigenvalue weighted by Crippen LogP contribution is -2.36. The quantitative estimate of drug-likeness (QED) is 0.339. The molecule has 0 amide bonds. The number of nitrogens with two attached hydrogens (primary N) is 2. The van der Waals surface area contributed by atoms with Crippen molar-refractivity contribution < 1.29 is 33.4 Å². The average Bonchev–Trinajstić information content (AvgIpc) is 3.17. The van der Waals surface area contributed by atoms with Gasteiger partial charge in [0.2, 0.25) is 0 Å². The Morgan fingerprint density at radius 2 is 1.87 bits per heavy atom. The lowest BCUT2D eigenvalue weighted by molar-refractivity contribution is -0.203. The number of ether oxygens (including phenoxy) is 4. The molecule has 2 saturated heterocycles. The molecule has 31 heavy (non-hydrogen) atoms. The van der Waals surface area contributed by atoms with Gasteiger partial charge in [-0.15, -0.1) is 0 Å². The summed E-state index contributed by atoms with van der Waals surface area (Å²) in [6.07, 6.45) is -1.40. The number of esters is 1. The van der Waals surface area contributed by atoms with Gasteiger partial charge in [-0.3, -0.25) is 9.36 Å². The molecule has 13 nitrogen and oxygen atoms in total. The first kappa shape index (κ1) is 23.1. The zero-order valence-corrected chi connectivity index (χ0v) is 17.6. The number of hydrogen-bond donors (Lipinski definition) is 3. The van der Waals surface area contributed by atoms with Crippen molar-refractivity contribution >= 4 is 17.8 Å². The highest BCUT2D eigenvalue weighted by molar-refractivity contribution is 5.75.